The van der Waals surface area contributed by atoms with Crippen molar-refractivity contribution in [3.05, 3.63) is 191 Å². The first-order valence-corrected chi connectivity index (χ1v) is 18.3. The average Bonchev–Trinajstić information content (AvgIpc) is 3.79. The molecule has 2 aliphatic rings. The monoisotopic (exact) mass is 736 g/mol. The molecule has 58 heavy (non-hydrogen) atoms. The van der Waals surface area contributed by atoms with Gasteiger partial charge in [0, 0.05) is 47.0 Å². The Hall–Kier alpha value is -8.82. The van der Waals surface area contributed by atoms with Gasteiger partial charge in [-0.25, -0.2) is 0 Å². The van der Waals surface area contributed by atoms with Crippen molar-refractivity contribution in [2.24, 2.45) is 0 Å². The van der Waals surface area contributed by atoms with Gasteiger partial charge in [-0.1, -0.05) is 48.5 Å². The van der Waals surface area contributed by atoms with Crippen LogP contribution in [-0.2, 0) is 0 Å². The summed E-state index contributed by atoms with van der Waals surface area (Å²) in [6.45, 7) is 0. The maximum absolute atomic E-state index is 9.40. The highest BCUT2D eigenvalue weighted by atomic mass is 14.7. The lowest BCUT2D eigenvalue weighted by Crippen LogP contribution is -1.92. The molecule has 10 rings (SSSR count). The molecule has 4 aromatic carbocycles. The summed E-state index contributed by atoms with van der Waals surface area (Å²) < 4.78 is 0. The van der Waals surface area contributed by atoms with Crippen LogP contribution in [0.2, 0.25) is 0 Å². The fraction of sp³-hybridized carbons (Fsp3) is 0. The fourth-order valence-electron chi connectivity index (χ4n) is 7.93. The van der Waals surface area contributed by atoms with Gasteiger partial charge in [0.2, 0.25) is 0 Å². The molecule has 4 aromatic heterocycles. The molecule has 0 atom stereocenters. The lowest BCUT2D eigenvalue weighted by Gasteiger charge is -2.13. The molecule has 0 amide bonds. The van der Waals surface area contributed by atoms with Crippen molar-refractivity contribution < 1.29 is 0 Å². The van der Waals surface area contributed by atoms with Crippen molar-refractivity contribution in [2.75, 3.05) is 0 Å². The number of rotatable bonds is 4. The van der Waals surface area contributed by atoms with E-state index in [0.29, 0.717) is 22.3 Å². The number of benzene rings is 4. The summed E-state index contributed by atoms with van der Waals surface area (Å²) in [6, 6.07) is 48.9. The van der Waals surface area contributed by atoms with Gasteiger partial charge < -0.3 is 0 Å². The maximum atomic E-state index is 9.40. The zero-order valence-corrected chi connectivity index (χ0v) is 30.4. The largest absolute Gasteiger partial charge is 0.255 e. The van der Waals surface area contributed by atoms with Crippen molar-refractivity contribution in [1.82, 2.24) is 19.9 Å². The summed E-state index contributed by atoms with van der Waals surface area (Å²) in [6.07, 6.45) is 6.37. The molecular weight excluding hydrogens is 713 g/mol. The molecule has 0 aliphatic heterocycles. The second-order valence-electron chi connectivity index (χ2n) is 14.0. The summed E-state index contributed by atoms with van der Waals surface area (Å²) in [7, 11) is 0. The van der Waals surface area contributed by atoms with E-state index in [1.165, 1.54) is 0 Å². The molecule has 264 valence electrons. The van der Waals surface area contributed by atoms with Crippen molar-refractivity contribution in [3.63, 3.8) is 0 Å². The summed E-state index contributed by atoms with van der Waals surface area (Å²) in [5, 5.41) is 37.6. The molecule has 2 aliphatic carbocycles. The minimum absolute atomic E-state index is 0.497. The predicted molar refractivity (Wildman–Crippen MR) is 221 cm³/mol. The Balaban J connectivity index is 1.22. The zero-order chi connectivity index (χ0) is 39.3. The Kier molecular flexibility index (Phi) is 7.84. The van der Waals surface area contributed by atoms with Crippen LogP contribution < -0.4 is 0 Å². The number of nitriles is 4. The Labute approximate surface area is 333 Å². The van der Waals surface area contributed by atoms with Crippen LogP contribution in [0.25, 0.3) is 78.4 Å². The first kappa shape index (κ1) is 33.7. The van der Waals surface area contributed by atoms with E-state index < -0.39 is 0 Å². The van der Waals surface area contributed by atoms with Crippen LogP contribution in [-0.4, -0.2) is 19.9 Å². The van der Waals surface area contributed by atoms with E-state index in [1.807, 2.05) is 24.3 Å². The second kappa shape index (κ2) is 13.5. The predicted octanol–water partition coefficient (Wildman–Crippen LogP) is 10.4. The first-order valence-electron chi connectivity index (χ1n) is 18.3. The molecular formula is C50H24N8. The highest BCUT2D eigenvalue weighted by molar-refractivity contribution is 6.19. The average molecular weight is 737 g/mol. The van der Waals surface area contributed by atoms with Crippen LogP contribution in [0.5, 0.6) is 0 Å². The van der Waals surface area contributed by atoms with Crippen LogP contribution in [0, 0.1) is 45.3 Å². The molecule has 0 saturated heterocycles. The summed E-state index contributed by atoms with van der Waals surface area (Å²) in [5.41, 5.74) is 19.4. The lowest BCUT2D eigenvalue weighted by molar-refractivity contribution is 1.30. The Morgan fingerprint density at radius 1 is 0.276 bits per heavy atom. The van der Waals surface area contributed by atoms with Crippen molar-refractivity contribution in [1.29, 1.82) is 21.0 Å². The molecule has 8 aromatic rings. The number of hydrogen-bond donors (Lipinski definition) is 0. The Bertz CT molecular complexity index is 2790. The molecule has 0 radical (unpaired) electrons. The molecule has 0 saturated carbocycles. The normalized spacial score (nSPS) is 11.7. The highest BCUT2D eigenvalue weighted by Gasteiger charge is 2.33. The SMILES string of the molecule is N#Cc1ccc(-c2ccc3c(c2)-c2cc(-c4ccc(C#N)cn4)ccc2C3=C2c3ccc(-c4ccc(C#N)cn4)cc3-c3cc(-c4ccc(C#N)cn4)ccc32)nc1. The summed E-state index contributed by atoms with van der Waals surface area (Å²) in [5.74, 6) is 0. The maximum Gasteiger partial charge on any atom is 0.101 e. The zero-order valence-electron chi connectivity index (χ0n) is 30.4. The number of fused-ring (bicyclic) bond motifs is 6. The Morgan fingerprint density at radius 3 is 0.707 bits per heavy atom. The van der Waals surface area contributed by atoms with E-state index in [4.69, 9.17) is 0 Å². The van der Waals surface area contributed by atoms with Gasteiger partial charge in [0.05, 0.1) is 45.0 Å². The quantitative estimate of drug-likeness (QED) is 0.173. The van der Waals surface area contributed by atoms with Gasteiger partial charge in [0.15, 0.2) is 0 Å². The van der Waals surface area contributed by atoms with Crippen LogP contribution in [0.1, 0.15) is 44.5 Å². The van der Waals surface area contributed by atoms with Gasteiger partial charge in [0.25, 0.3) is 0 Å². The van der Waals surface area contributed by atoms with E-state index in [-0.39, 0.29) is 0 Å². The smallest absolute Gasteiger partial charge is 0.101 e. The fourth-order valence-corrected chi connectivity index (χ4v) is 7.93. The third-order valence-corrected chi connectivity index (χ3v) is 10.7. The molecule has 8 heteroatoms. The number of hydrogen-bond acceptors (Lipinski definition) is 8. The van der Waals surface area contributed by atoms with E-state index in [0.717, 1.165) is 101 Å². The minimum atomic E-state index is 0.497. The second-order valence-corrected chi connectivity index (χ2v) is 14.0. The van der Waals surface area contributed by atoms with Crippen LogP contribution >= 0.6 is 0 Å². The highest BCUT2D eigenvalue weighted by Crippen LogP contribution is 2.56. The van der Waals surface area contributed by atoms with E-state index in [9.17, 15) is 21.0 Å². The van der Waals surface area contributed by atoms with Crippen LogP contribution in [0.15, 0.2) is 146 Å². The minimum Gasteiger partial charge on any atom is -0.255 e. The Morgan fingerprint density at radius 2 is 0.517 bits per heavy atom. The van der Waals surface area contributed by atoms with Gasteiger partial charge in [-0.05, 0) is 128 Å². The molecule has 0 unspecified atom stereocenters. The van der Waals surface area contributed by atoms with Crippen molar-refractivity contribution in [2.45, 2.75) is 0 Å². The van der Waals surface area contributed by atoms with Crippen LogP contribution in [0.3, 0.4) is 0 Å². The van der Waals surface area contributed by atoms with E-state index in [2.05, 4.69) is 117 Å². The van der Waals surface area contributed by atoms with E-state index >= 15 is 0 Å². The third kappa shape index (κ3) is 5.51. The van der Waals surface area contributed by atoms with Gasteiger partial charge in [-0.15, -0.1) is 0 Å². The standard InChI is InChI=1S/C50H24N8/c51-21-29-1-13-45(55-25-29)33-5-9-37-41(17-33)42-18-34(46-14-2-30(22-52)26-56-46)6-10-38(42)49(37)50-39-11-7-35(47-15-3-31(23-53)27-57-47)19-43(39)44-20-36(8-12-40(44)50)48-16-4-32(24-54)28-58-48/h1-20,25-28H. The first-order chi connectivity index (χ1) is 28.5. The molecule has 0 N–H and O–H groups in total. The molecule has 0 bridgehead atoms. The number of pyridine rings is 4. The van der Waals surface area contributed by atoms with Gasteiger partial charge >= 0.3 is 0 Å². The third-order valence-electron chi connectivity index (χ3n) is 10.7. The molecule has 8 nitrogen and oxygen atoms in total. The lowest BCUT2D eigenvalue weighted by atomic mass is 9.90. The number of aromatic nitrogens is 4. The summed E-state index contributed by atoms with van der Waals surface area (Å²) in [4.78, 5) is 18.4. The van der Waals surface area contributed by atoms with Crippen molar-refractivity contribution >= 4 is 11.1 Å². The van der Waals surface area contributed by atoms with Gasteiger partial charge in [0.1, 0.15) is 24.3 Å². The topological polar surface area (TPSA) is 147 Å². The van der Waals surface area contributed by atoms with E-state index in [1.54, 1.807) is 49.1 Å². The molecule has 0 spiro atoms. The van der Waals surface area contributed by atoms with Gasteiger partial charge in [-0.3, -0.25) is 19.9 Å². The van der Waals surface area contributed by atoms with Gasteiger partial charge in [-0.2, -0.15) is 21.0 Å². The summed E-state index contributed by atoms with van der Waals surface area (Å²) >= 11 is 0. The molecule has 0 fully saturated rings. The number of nitrogens with zero attached hydrogens (tertiary/aromatic N) is 8. The molecule has 4 heterocycles. The van der Waals surface area contributed by atoms with Crippen molar-refractivity contribution in [3.8, 4) is 91.6 Å². The van der Waals surface area contributed by atoms with Crippen LogP contribution in [0.4, 0.5) is 0 Å².